The molecule has 5 heteroatoms. The molecule has 32 valence electrons. The normalized spacial score (nSPS) is 11.4. The van der Waals surface area contributed by atoms with Crippen LogP contribution in [0.15, 0.2) is 0 Å². The van der Waals surface area contributed by atoms with E-state index in [0.717, 1.165) is 0 Å². The second-order valence-corrected chi connectivity index (χ2v) is 3.24. The maximum absolute atomic E-state index is 8.75. The first-order chi connectivity index (χ1) is 2.00. The Morgan fingerprint density at radius 3 is 1.20 bits per heavy atom. The van der Waals surface area contributed by atoms with Gasteiger partial charge in [-0.3, -0.25) is 0 Å². The minimum absolute atomic E-state index is 5.86. The molecule has 0 aromatic heterocycles. The Kier molecular flexibility index (Phi) is 1.02. The second kappa shape index (κ2) is 1.01. The summed E-state index contributed by atoms with van der Waals surface area (Å²) in [7, 11) is 0. The fourth-order valence-electron chi connectivity index (χ4n) is 0. The molecule has 1 N–H and O–H groups in total. The van der Waals surface area contributed by atoms with E-state index in [1.807, 2.05) is 0 Å². The molecule has 0 amide bonds. The van der Waals surface area contributed by atoms with E-state index >= 15 is 0 Å². The van der Waals surface area contributed by atoms with Gasteiger partial charge in [0.1, 0.15) is 0 Å². The molecule has 0 bridgehead atoms. The molecule has 0 aliphatic rings. The zero-order valence-electron chi connectivity index (χ0n) is 2.05. The Hall–Kier alpha value is 0.0223. The summed E-state index contributed by atoms with van der Waals surface area (Å²) in [5, 5.41) is 0. The van der Waals surface area contributed by atoms with Gasteiger partial charge in [0.25, 0.3) is 0 Å². The molecule has 4 nitrogen and oxygen atoms in total. The number of hydrogen-bond donors (Lipinski definition) is 1. The molecule has 0 aliphatic heterocycles. The van der Waals surface area contributed by atoms with Crippen molar-refractivity contribution in [3.63, 3.8) is 0 Å². The summed E-state index contributed by atoms with van der Waals surface area (Å²) in [5.41, 5.74) is 0. The third-order valence-electron chi connectivity index (χ3n) is 0. The van der Waals surface area contributed by atoms with Crippen molar-refractivity contribution in [3.8, 4) is 0 Å². The molecule has 0 aromatic carbocycles. The van der Waals surface area contributed by atoms with Gasteiger partial charge in [-0.25, -0.2) is 0 Å². The van der Waals surface area contributed by atoms with Crippen molar-refractivity contribution < 1.29 is 30.0 Å². The van der Waals surface area contributed by atoms with Crippen molar-refractivity contribution in [2.45, 2.75) is 0 Å². The van der Waals surface area contributed by atoms with Gasteiger partial charge < -0.3 is 0 Å². The van der Waals surface area contributed by atoms with Crippen molar-refractivity contribution in [2.24, 2.45) is 0 Å². The summed E-state index contributed by atoms with van der Waals surface area (Å²) in [5.74, 6) is 0. The molecule has 5 heavy (non-hydrogen) atoms. The predicted octanol–water partition coefficient (Wildman–Crippen LogP) is -0.916. The Bertz CT molecular complexity index is 125. The third kappa shape index (κ3) is 33000. The van der Waals surface area contributed by atoms with E-state index in [9.17, 15) is 0 Å². The maximum atomic E-state index is 8.75. The molecular formula is HO4Re. The van der Waals surface area contributed by atoms with Crippen LogP contribution in [0.2, 0.25) is 0 Å². The van der Waals surface area contributed by atoms with Crippen LogP contribution in [0.25, 0.3) is 0 Å². The standard InChI is InChI=1S/H2O.3O.Re/h1H2;;;;/q;;;;+1/p-1/i;;;;1+2. The molecule has 0 rings (SSSR count). The third-order valence-corrected chi connectivity index (χ3v) is 0. The van der Waals surface area contributed by atoms with E-state index in [4.69, 9.17) is 14.2 Å². The Morgan fingerprint density at radius 1 is 1.20 bits per heavy atom. The molecule has 0 unspecified atom stereocenters. The van der Waals surface area contributed by atoms with E-state index in [-0.39, 0.29) is 0 Å². The van der Waals surface area contributed by atoms with Crippen LogP contribution < -0.4 is 0 Å². The zero-order chi connectivity index (χ0) is 4.50. The molecule has 0 fully saturated rings. The van der Waals surface area contributed by atoms with Crippen molar-refractivity contribution in [1.82, 2.24) is 0 Å². The first-order valence-corrected chi connectivity index (χ1v) is 5.17. The first kappa shape index (κ1) is 5.02. The van der Waals surface area contributed by atoms with Crippen LogP contribution in [0.5, 0.6) is 0 Å². The topological polar surface area (TPSA) is 71.4 Å². The van der Waals surface area contributed by atoms with Crippen LogP contribution in [-0.4, -0.2) is 3.83 Å². The van der Waals surface area contributed by atoms with Gasteiger partial charge in [0.15, 0.2) is 0 Å². The van der Waals surface area contributed by atoms with E-state index in [1.54, 1.807) is 0 Å². The Morgan fingerprint density at radius 2 is 1.20 bits per heavy atom. The minimum atomic E-state index is -5.86. The quantitative estimate of drug-likeness (QED) is 0.606. The fourth-order valence-corrected chi connectivity index (χ4v) is 0. The van der Waals surface area contributed by atoms with Gasteiger partial charge in [0.2, 0.25) is 0 Å². The van der Waals surface area contributed by atoms with Crippen molar-refractivity contribution >= 4 is 0 Å². The van der Waals surface area contributed by atoms with Gasteiger partial charge in [-0.05, 0) is 0 Å². The van der Waals surface area contributed by atoms with E-state index in [1.165, 1.54) is 0 Å². The fraction of sp³-hybridized carbons (Fsp3) is 0. The average molecular weight is 253 g/mol. The zero-order valence-corrected chi connectivity index (χ0v) is 4.77. The van der Waals surface area contributed by atoms with Crippen LogP contribution >= 0.6 is 0 Å². The van der Waals surface area contributed by atoms with Gasteiger partial charge in [-0.1, -0.05) is 0 Å². The molecule has 0 spiro atoms. The van der Waals surface area contributed by atoms with Gasteiger partial charge in [-0.2, -0.15) is 0 Å². The molecule has 0 aliphatic carbocycles. The molecule has 0 radical (unpaired) electrons. The Balaban J connectivity index is 4.87. The van der Waals surface area contributed by atoms with Crippen molar-refractivity contribution in [2.75, 3.05) is 0 Å². The first-order valence-electron chi connectivity index (χ1n) is 0.632. The number of rotatable bonds is 0. The van der Waals surface area contributed by atoms with Crippen LogP contribution in [-0.2, 0) is 26.2 Å². The Labute approximate surface area is 30.8 Å². The van der Waals surface area contributed by atoms with Gasteiger partial charge in [0.05, 0.1) is 0 Å². The van der Waals surface area contributed by atoms with Crippen molar-refractivity contribution in [1.29, 1.82) is 0 Å². The molecule has 0 saturated heterocycles. The molecule has 0 saturated carbocycles. The molecule has 0 atom stereocenters. The summed E-state index contributed by atoms with van der Waals surface area (Å²) < 4.78 is 33.3. The number of hydrogen-bond acceptors (Lipinski definition) is 3. The molecule has 0 aromatic rings. The van der Waals surface area contributed by atoms with Crippen LogP contribution in [0.4, 0.5) is 0 Å². The summed E-state index contributed by atoms with van der Waals surface area (Å²) >= 11 is -5.86. The van der Waals surface area contributed by atoms with Gasteiger partial charge >= 0.3 is 30.0 Å². The van der Waals surface area contributed by atoms with Gasteiger partial charge in [0, 0.05) is 0 Å². The average Bonchev–Trinajstić information content (AvgIpc) is 0.722. The summed E-state index contributed by atoms with van der Waals surface area (Å²) in [6.45, 7) is 0. The van der Waals surface area contributed by atoms with Crippen LogP contribution in [0.3, 0.4) is 0 Å². The van der Waals surface area contributed by atoms with Gasteiger partial charge in [-0.15, -0.1) is 0 Å². The summed E-state index contributed by atoms with van der Waals surface area (Å²) in [4.78, 5) is 0. The van der Waals surface area contributed by atoms with Crippen LogP contribution in [0, 0.1) is 0 Å². The van der Waals surface area contributed by atoms with E-state index in [2.05, 4.69) is 0 Å². The predicted molar refractivity (Wildman–Crippen MR) is 4.28 cm³/mol. The second-order valence-electron chi connectivity index (χ2n) is 0.396. The SMILES string of the molecule is [O]=[188Re](=[O])(=[O])[OH]. The van der Waals surface area contributed by atoms with Crippen molar-refractivity contribution in [3.05, 3.63) is 0 Å². The monoisotopic (exact) mass is 253 g/mol. The molecular weight excluding hydrogens is 252 g/mol. The summed E-state index contributed by atoms with van der Waals surface area (Å²) in [6, 6.07) is 0. The van der Waals surface area contributed by atoms with E-state index < -0.39 is 15.8 Å². The van der Waals surface area contributed by atoms with E-state index in [0.29, 0.717) is 0 Å². The van der Waals surface area contributed by atoms with Crippen LogP contribution in [0.1, 0.15) is 0 Å². The molecule has 0 heterocycles. The summed E-state index contributed by atoms with van der Waals surface area (Å²) in [6.07, 6.45) is 0.